The van der Waals surface area contributed by atoms with Crippen LogP contribution in [0.25, 0.3) is 10.8 Å². The van der Waals surface area contributed by atoms with Crippen LogP contribution in [0.5, 0.6) is 0 Å². The van der Waals surface area contributed by atoms with Gasteiger partial charge in [-0.15, -0.1) is 0 Å². The standard InChI is InChI=1S/C16H18O3/c1-10(2)14(16(18)19)15(17)13-9-5-7-11-6-3-4-8-12(11)13/h3-10,14-15,17H,1-2H3,(H,18,19). The summed E-state index contributed by atoms with van der Waals surface area (Å²) in [6.45, 7) is 3.63. The van der Waals surface area contributed by atoms with Crippen molar-refractivity contribution in [3.05, 3.63) is 48.0 Å². The summed E-state index contributed by atoms with van der Waals surface area (Å²) in [7, 11) is 0. The van der Waals surface area contributed by atoms with Gasteiger partial charge in [-0.05, 0) is 22.3 Å². The summed E-state index contributed by atoms with van der Waals surface area (Å²) in [6.07, 6.45) is -0.997. The second-order valence-corrected chi connectivity index (χ2v) is 5.12. The summed E-state index contributed by atoms with van der Waals surface area (Å²) in [5.41, 5.74) is 0.680. The largest absolute Gasteiger partial charge is 0.481 e. The van der Waals surface area contributed by atoms with Crippen LogP contribution in [0.15, 0.2) is 42.5 Å². The summed E-state index contributed by atoms with van der Waals surface area (Å²) in [5, 5.41) is 21.6. The first-order valence-electron chi connectivity index (χ1n) is 6.41. The predicted octanol–water partition coefficient (Wildman–Crippen LogP) is 3.23. The molecule has 19 heavy (non-hydrogen) atoms. The lowest BCUT2D eigenvalue weighted by molar-refractivity contribution is -0.148. The molecule has 0 saturated carbocycles. The van der Waals surface area contributed by atoms with E-state index in [4.69, 9.17) is 0 Å². The molecule has 0 bridgehead atoms. The topological polar surface area (TPSA) is 57.5 Å². The fourth-order valence-electron chi connectivity index (χ4n) is 2.49. The van der Waals surface area contributed by atoms with Gasteiger partial charge in [0, 0.05) is 0 Å². The van der Waals surface area contributed by atoms with Crippen LogP contribution >= 0.6 is 0 Å². The molecule has 0 heterocycles. The van der Waals surface area contributed by atoms with E-state index >= 15 is 0 Å². The van der Waals surface area contributed by atoms with Crippen molar-refractivity contribution in [3.63, 3.8) is 0 Å². The molecule has 2 atom stereocenters. The first-order chi connectivity index (χ1) is 9.02. The van der Waals surface area contributed by atoms with Crippen molar-refractivity contribution in [3.8, 4) is 0 Å². The van der Waals surface area contributed by atoms with E-state index in [1.165, 1.54) is 0 Å². The van der Waals surface area contributed by atoms with Crippen LogP contribution in [0.2, 0.25) is 0 Å². The van der Waals surface area contributed by atoms with E-state index in [1.54, 1.807) is 6.07 Å². The number of aliphatic carboxylic acids is 1. The summed E-state index contributed by atoms with van der Waals surface area (Å²) < 4.78 is 0. The second-order valence-electron chi connectivity index (χ2n) is 5.12. The molecule has 0 amide bonds. The highest BCUT2D eigenvalue weighted by Crippen LogP contribution is 2.32. The number of carboxylic acids is 1. The summed E-state index contributed by atoms with van der Waals surface area (Å²) >= 11 is 0. The maximum Gasteiger partial charge on any atom is 0.309 e. The van der Waals surface area contributed by atoms with E-state index in [0.29, 0.717) is 5.56 Å². The van der Waals surface area contributed by atoms with Crippen molar-refractivity contribution in [1.29, 1.82) is 0 Å². The van der Waals surface area contributed by atoms with Crippen LogP contribution in [0, 0.1) is 11.8 Å². The molecule has 0 radical (unpaired) electrons. The third-order valence-electron chi connectivity index (χ3n) is 3.49. The van der Waals surface area contributed by atoms with E-state index in [0.717, 1.165) is 10.8 Å². The van der Waals surface area contributed by atoms with E-state index in [2.05, 4.69) is 0 Å². The maximum atomic E-state index is 11.3. The SMILES string of the molecule is CC(C)C(C(=O)O)C(O)c1cccc2ccccc12. The highest BCUT2D eigenvalue weighted by atomic mass is 16.4. The van der Waals surface area contributed by atoms with Crippen molar-refractivity contribution in [2.24, 2.45) is 11.8 Å². The zero-order valence-electron chi connectivity index (χ0n) is 11.1. The quantitative estimate of drug-likeness (QED) is 0.885. The Morgan fingerprint density at radius 3 is 2.32 bits per heavy atom. The number of carboxylic acid groups (broad SMARTS) is 1. The van der Waals surface area contributed by atoms with Crippen molar-refractivity contribution in [2.45, 2.75) is 20.0 Å². The van der Waals surface area contributed by atoms with Crippen molar-refractivity contribution >= 4 is 16.7 Å². The van der Waals surface area contributed by atoms with E-state index in [1.807, 2.05) is 50.2 Å². The van der Waals surface area contributed by atoms with Gasteiger partial charge in [0.15, 0.2) is 0 Å². The molecule has 2 aromatic rings. The molecular weight excluding hydrogens is 240 g/mol. The van der Waals surface area contributed by atoms with E-state index in [9.17, 15) is 15.0 Å². The minimum Gasteiger partial charge on any atom is -0.481 e. The molecule has 2 rings (SSSR count). The number of aliphatic hydroxyl groups excluding tert-OH is 1. The van der Waals surface area contributed by atoms with Gasteiger partial charge in [0.05, 0.1) is 12.0 Å². The van der Waals surface area contributed by atoms with Gasteiger partial charge < -0.3 is 10.2 Å². The van der Waals surface area contributed by atoms with Gasteiger partial charge in [-0.1, -0.05) is 56.3 Å². The van der Waals surface area contributed by atoms with Crippen LogP contribution in [0.1, 0.15) is 25.5 Å². The normalized spacial score (nSPS) is 14.5. The molecule has 0 aliphatic rings. The zero-order chi connectivity index (χ0) is 14.0. The van der Waals surface area contributed by atoms with Crippen molar-refractivity contribution < 1.29 is 15.0 Å². The van der Waals surface area contributed by atoms with Crippen LogP contribution in [-0.2, 0) is 4.79 Å². The molecule has 0 aliphatic carbocycles. The number of aliphatic hydroxyl groups is 1. The number of carbonyl (C=O) groups is 1. The number of benzene rings is 2. The Morgan fingerprint density at radius 1 is 1.05 bits per heavy atom. The van der Waals surface area contributed by atoms with E-state index < -0.39 is 18.0 Å². The van der Waals surface area contributed by atoms with Gasteiger partial charge in [-0.25, -0.2) is 0 Å². The fourth-order valence-corrected chi connectivity index (χ4v) is 2.49. The second kappa shape index (κ2) is 5.41. The first-order valence-corrected chi connectivity index (χ1v) is 6.41. The molecule has 0 aromatic heterocycles. The average Bonchev–Trinajstić information content (AvgIpc) is 2.37. The molecule has 2 N–H and O–H groups in total. The minimum absolute atomic E-state index is 0.133. The summed E-state index contributed by atoms with van der Waals surface area (Å²) in [5.74, 6) is -1.90. The smallest absolute Gasteiger partial charge is 0.309 e. The van der Waals surface area contributed by atoms with Gasteiger partial charge in [-0.3, -0.25) is 4.79 Å². The molecule has 2 unspecified atom stereocenters. The number of rotatable bonds is 4. The monoisotopic (exact) mass is 258 g/mol. The summed E-state index contributed by atoms with van der Waals surface area (Å²) in [4.78, 5) is 11.3. The minimum atomic E-state index is -0.997. The van der Waals surface area contributed by atoms with Crippen LogP contribution in [0.3, 0.4) is 0 Å². The molecule has 0 fully saturated rings. The maximum absolute atomic E-state index is 11.3. The Balaban J connectivity index is 2.51. The van der Waals surface area contributed by atoms with Gasteiger partial charge in [0.25, 0.3) is 0 Å². The molecule has 0 spiro atoms. The van der Waals surface area contributed by atoms with Crippen LogP contribution in [0.4, 0.5) is 0 Å². The lowest BCUT2D eigenvalue weighted by Crippen LogP contribution is -2.27. The number of fused-ring (bicyclic) bond motifs is 1. The Labute approximate surface area is 112 Å². The number of hydrogen-bond acceptors (Lipinski definition) is 2. The highest BCUT2D eigenvalue weighted by molar-refractivity contribution is 5.86. The van der Waals surface area contributed by atoms with Gasteiger partial charge in [0.1, 0.15) is 0 Å². The van der Waals surface area contributed by atoms with Crippen molar-refractivity contribution in [1.82, 2.24) is 0 Å². The first kappa shape index (κ1) is 13.6. The van der Waals surface area contributed by atoms with Crippen molar-refractivity contribution in [2.75, 3.05) is 0 Å². The molecule has 3 heteroatoms. The van der Waals surface area contributed by atoms with Gasteiger partial charge >= 0.3 is 5.97 Å². The molecule has 3 nitrogen and oxygen atoms in total. The molecule has 2 aromatic carbocycles. The summed E-state index contributed by atoms with van der Waals surface area (Å²) in [6, 6.07) is 13.3. The third-order valence-corrected chi connectivity index (χ3v) is 3.49. The Hall–Kier alpha value is -1.87. The van der Waals surface area contributed by atoms with Crippen LogP contribution < -0.4 is 0 Å². The molecule has 100 valence electrons. The average molecular weight is 258 g/mol. The Kier molecular flexibility index (Phi) is 3.86. The molecule has 0 aliphatic heterocycles. The predicted molar refractivity (Wildman–Crippen MR) is 74.9 cm³/mol. The van der Waals surface area contributed by atoms with Crippen LogP contribution in [-0.4, -0.2) is 16.2 Å². The lowest BCUT2D eigenvalue weighted by Gasteiger charge is -2.23. The lowest BCUT2D eigenvalue weighted by atomic mass is 9.85. The molecular formula is C16H18O3. The zero-order valence-corrected chi connectivity index (χ0v) is 11.1. The third kappa shape index (κ3) is 2.61. The number of hydrogen-bond donors (Lipinski definition) is 2. The Morgan fingerprint density at radius 2 is 1.68 bits per heavy atom. The van der Waals surface area contributed by atoms with Gasteiger partial charge in [-0.2, -0.15) is 0 Å². The van der Waals surface area contributed by atoms with E-state index in [-0.39, 0.29) is 5.92 Å². The van der Waals surface area contributed by atoms with Gasteiger partial charge in [0.2, 0.25) is 0 Å². The fraction of sp³-hybridized carbons (Fsp3) is 0.312. The Bertz CT molecular complexity index is 584. The molecule has 0 saturated heterocycles. The highest BCUT2D eigenvalue weighted by Gasteiger charge is 2.31.